The minimum atomic E-state index is -0.317. The second-order valence-electron chi connectivity index (χ2n) is 5.91. The molecule has 124 valence electrons. The van der Waals surface area contributed by atoms with Gasteiger partial charge in [0.05, 0.1) is 23.6 Å². The molecule has 0 aliphatic carbocycles. The highest BCUT2D eigenvalue weighted by molar-refractivity contribution is 5.91. The summed E-state index contributed by atoms with van der Waals surface area (Å²) in [7, 11) is 0. The lowest BCUT2D eigenvalue weighted by Gasteiger charge is -2.08. The first kappa shape index (κ1) is 15.1. The van der Waals surface area contributed by atoms with Gasteiger partial charge in [-0.1, -0.05) is 24.3 Å². The van der Waals surface area contributed by atoms with Crippen LogP contribution in [0.2, 0.25) is 0 Å². The van der Waals surface area contributed by atoms with Crippen LogP contribution in [-0.2, 0) is 11.2 Å². The highest BCUT2D eigenvalue weighted by Gasteiger charge is 2.12. The zero-order valence-corrected chi connectivity index (χ0v) is 13.5. The van der Waals surface area contributed by atoms with Gasteiger partial charge in [-0.15, -0.1) is 0 Å². The summed E-state index contributed by atoms with van der Waals surface area (Å²) in [5.41, 5.74) is 5.46. The number of carbonyl (C=O) groups excluding carboxylic acids is 1. The largest absolute Gasteiger partial charge is 0.464 e. The smallest absolute Gasteiger partial charge is 0.280 e. The maximum Gasteiger partial charge on any atom is 0.280 e. The predicted molar refractivity (Wildman–Crippen MR) is 95.0 cm³/mol. The zero-order valence-electron chi connectivity index (χ0n) is 13.5. The lowest BCUT2D eigenvalue weighted by Crippen LogP contribution is -2.34. The first-order chi connectivity index (χ1) is 12.1. The quantitative estimate of drug-likeness (QED) is 0.625. The minimum absolute atomic E-state index is 0.106. The van der Waals surface area contributed by atoms with Crippen molar-refractivity contribution in [3.05, 3.63) is 76.5 Å². The lowest BCUT2D eigenvalue weighted by molar-refractivity contribution is -0.116. The third-order valence-corrected chi connectivity index (χ3v) is 4.07. The van der Waals surface area contributed by atoms with Crippen molar-refractivity contribution in [1.82, 2.24) is 9.66 Å². The molecule has 0 radical (unpaired) electrons. The molecule has 0 atom stereocenters. The minimum Gasteiger partial charge on any atom is -0.464 e. The summed E-state index contributed by atoms with van der Waals surface area (Å²) in [6, 6.07) is 12.8. The number of nitrogens with one attached hydrogen (secondary N) is 1. The maximum atomic E-state index is 12.4. The molecule has 1 amide bonds. The van der Waals surface area contributed by atoms with Gasteiger partial charge < -0.3 is 4.42 Å². The molecule has 0 spiro atoms. The molecule has 0 unspecified atom stereocenters. The molecular weight excluding hydrogens is 318 g/mol. The van der Waals surface area contributed by atoms with Crippen LogP contribution in [0, 0.1) is 6.92 Å². The maximum absolute atomic E-state index is 12.4. The molecule has 4 aromatic rings. The van der Waals surface area contributed by atoms with Crippen LogP contribution in [0.5, 0.6) is 0 Å². The Morgan fingerprint density at radius 1 is 1.20 bits per heavy atom. The van der Waals surface area contributed by atoms with Crippen molar-refractivity contribution in [2.75, 3.05) is 5.43 Å². The monoisotopic (exact) mass is 333 g/mol. The SMILES string of the molecule is Cc1ccc2c(CC(=O)Nn3cnc4ccccc4c3=O)coc2c1. The Bertz CT molecular complexity index is 1160. The first-order valence-corrected chi connectivity index (χ1v) is 7.85. The van der Waals surface area contributed by atoms with E-state index in [1.54, 1.807) is 24.5 Å². The molecule has 0 fully saturated rings. The molecule has 25 heavy (non-hydrogen) atoms. The van der Waals surface area contributed by atoms with E-state index in [-0.39, 0.29) is 17.9 Å². The van der Waals surface area contributed by atoms with Crippen LogP contribution >= 0.6 is 0 Å². The third kappa shape index (κ3) is 2.78. The molecular formula is C19H15N3O3. The average molecular weight is 333 g/mol. The summed E-state index contributed by atoms with van der Waals surface area (Å²) in [6.07, 6.45) is 3.00. The number of para-hydroxylation sites is 1. The summed E-state index contributed by atoms with van der Waals surface area (Å²) in [5.74, 6) is -0.317. The van der Waals surface area contributed by atoms with Crippen LogP contribution in [-0.4, -0.2) is 15.6 Å². The van der Waals surface area contributed by atoms with Gasteiger partial charge in [-0.3, -0.25) is 15.0 Å². The summed E-state index contributed by atoms with van der Waals surface area (Å²) in [4.78, 5) is 28.9. The normalized spacial score (nSPS) is 11.1. The van der Waals surface area contributed by atoms with E-state index >= 15 is 0 Å². The summed E-state index contributed by atoms with van der Waals surface area (Å²) in [6.45, 7) is 1.98. The number of aryl methyl sites for hydroxylation is 1. The van der Waals surface area contributed by atoms with Crippen molar-refractivity contribution in [3.63, 3.8) is 0 Å². The summed E-state index contributed by atoms with van der Waals surface area (Å²) >= 11 is 0. The molecule has 0 bridgehead atoms. The molecule has 4 rings (SSSR count). The highest BCUT2D eigenvalue weighted by atomic mass is 16.3. The molecule has 0 saturated carbocycles. The number of amides is 1. The molecule has 6 nitrogen and oxygen atoms in total. The van der Waals surface area contributed by atoms with Gasteiger partial charge in [0.1, 0.15) is 11.9 Å². The average Bonchev–Trinajstić information content (AvgIpc) is 2.99. The first-order valence-electron chi connectivity index (χ1n) is 7.85. The van der Waals surface area contributed by atoms with E-state index in [2.05, 4.69) is 10.4 Å². The van der Waals surface area contributed by atoms with Crippen molar-refractivity contribution in [2.24, 2.45) is 0 Å². The van der Waals surface area contributed by atoms with Gasteiger partial charge in [-0.25, -0.2) is 9.66 Å². The topological polar surface area (TPSA) is 77.1 Å². The van der Waals surface area contributed by atoms with E-state index in [1.807, 2.05) is 31.2 Å². The molecule has 2 aromatic heterocycles. The molecule has 2 heterocycles. The number of benzene rings is 2. The van der Waals surface area contributed by atoms with Gasteiger partial charge >= 0.3 is 0 Å². The van der Waals surface area contributed by atoms with Crippen molar-refractivity contribution >= 4 is 27.8 Å². The van der Waals surface area contributed by atoms with E-state index in [1.165, 1.54) is 6.33 Å². The Hall–Kier alpha value is -3.41. The lowest BCUT2D eigenvalue weighted by atomic mass is 10.1. The van der Waals surface area contributed by atoms with E-state index < -0.39 is 0 Å². The highest BCUT2D eigenvalue weighted by Crippen LogP contribution is 2.22. The van der Waals surface area contributed by atoms with E-state index in [0.29, 0.717) is 10.9 Å². The summed E-state index contributed by atoms with van der Waals surface area (Å²) < 4.78 is 6.61. The molecule has 1 N–H and O–H groups in total. The predicted octanol–water partition coefficient (Wildman–Crippen LogP) is 2.76. The molecule has 0 aliphatic heterocycles. The number of furan rings is 1. The standard InChI is InChI=1S/C19H15N3O3/c1-12-6-7-14-13(10-25-17(14)8-12)9-18(23)21-22-11-20-16-5-3-2-4-15(16)19(22)24/h2-8,10-11H,9H2,1H3,(H,21,23). The number of hydrogen-bond acceptors (Lipinski definition) is 4. The van der Waals surface area contributed by atoms with Gasteiger partial charge in [0.25, 0.3) is 5.56 Å². The Labute approximate surface area is 142 Å². The van der Waals surface area contributed by atoms with Crippen molar-refractivity contribution in [3.8, 4) is 0 Å². The Kier molecular flexibility index (Phi) is 3.57. The van der Waals surface area contributed by atoms with Gasteiger partial charge in [-0.2, -0.15) is 0 Å². The van der Waals surface area contributed by atoms with Gasteiger partial charge in [0.2, 0.25) is 5.91 Å². The third-order valence-electron chi connectivity index (χ3n) is 4.07. The van der Waals surface area contributed by atoms with Gasteiger partial charge in [0.15, 0.2) is 0 Å². The number of rotatable bonds is 3. The molecule has 6 heteroatoms. The van der Waals surface area contributed by atoms with Crippen LogP contribution < -0.4 is 11.0 Å². The number of hydrogen-bond donors (Lipinski definition) is 1. The number of fused-ring (bicyclic) bond motifs is 2. The zero-order chi connectivity index (χ0) is 17.4. The number of aromatic nitrogens is 2. The fraction of sp³-hybridized carbons (Fsp3) is 0.105. The van der Waals surface area contributed by atoms with Crippen LogP contribution in [0.25, 0.3) is 21.9 Å². The van der Waals surface area contributed by atoms with Crippen LogP contribution in [0.4, 0.5) is 0 Å². The molecule has 0 saturated heterocycles. The van der Waals surface area contributed by atoms with Gasteiger partial charge in [-0.05, 0) is 30.7 Å². The summed E-state index contributed by atoms with van der Waals surface area (Å²) in [5, 5.41) is 1.35. The number of carbonyl (C=O) groups is 1. The van der Waals surface area contributed by atoms with Crippen molar-refractivity contribution < 1.29 is 9.21 Å². The van der Waals surface area contributed by atoms with Crippen molar-refractivity contribution in [1.29, 1.82) is 0 Å². The Balaban J connectivity index is 1.60. The van der Waals surface area contributed by atoms with Crippen LogP contribution in [0.15, 0.2) is 64.3 Å². The molecule has 2 aromatic carbocycles. The number of nitrogens with zero attached hydrogens (tertiary/aromatic N) is 2. The van der Waals surface area contributed by atoms with Crippen molar-refractivity contribution in [2.45, 2.75) is 13.3 Å². The fourth-order valence-corrected chi connectivity index (χ4v) is 2.82. The fourth-order valence-electron chi connectivity index (χ4n) is 2.82. The second-order valence-corrected chi connectivity index (χ2v) is 5.91. The van der Waals surface area contributed by atoms with E-state index in [4.69, 9.17) is 4.42 Å². The second kappa shape index (κ2) is 5.90. The van der Waals surface area contributed by atoms with Gasteiger partial charge in [0, 0.05) is 10.9 Å². The van der Waals surface area contributed by atoms with E-state index in [0.717, 1.165) is 26.8 Å². The Morgan fingerprint density at radius 2 is 2.04 bits per heavy atom. The van der Waals surface area contributed by atoms with Crippen LogP contribution in [0.3, 0.4) is 0 Å². The Morgan fingerprint density at radius 3 is 2.92 bits per heavy atom. The molecule has 0 aliphatic rings. The van der Waals surface area contributed by atoms with Crippen LogP contribution in [0.1, 0.15) is 11.1 Å². The van der Waals surface area contributed by atoms with E-state index in [9.17, 15) is 9.59 Å².